The molecule has 0 saturated heterocycles. The van der Waals surface area contributed by atoms with E-state index in [1.165, 1.54) is 18.5 Å². The first kappa shape index (κ1) is 28.1. The number of aromatic nitrogens is 2. The standard InChI is InChI=1S/C30H25Cl2F3N2O4/c31-22-14-36-15-23(32)24(22)25-21(26(41-37-25)18-1-2-18)16-40-29-8-5-28(6-9-29,7-10-29)4-3-17-11-19(27(38)39)13-20(12-17)30(33,34)35/h11-15,18H,1-2,5-10,16H2,(H,38,39). The number of halogens is 5. The zero-order chi connectivity index (χ0) is 29.0. The van der Waals surface area contributed by atoms with Gasteiger partial charge in [-0.3, -0.25) is 4.98 Å². The van der Waals surface area contributed by atoms with Gasteiger partial charge < -0.3 is 14.4 Å². The van der Waals surface area contributed by atoms with Crippen molar-refractivity contribution in [2.24, 2.45) is 5.41 Å². The summed E-state index contributed by atoms with van der Waals surface area (Å²) in [5, 5.41) is 14.3. The van der Waals surface area contributed by atoms with Crippen molar-refractivity contribution in [1.82, 2.24) is 10.1 Å². The lowest BCUT2D eigenvalue weighted by atomic mass is 9.59. The lowest BCUT2D eigenvalue weighted by molar-refractivity contribution is -0.137. The summed E-state index contributed by atoms with van der Waals surface area (Å²) in [5.74, 6) is 5.75. The Morgan fingerprint density at radius 1 is 1.07 bits per heavy atom. The van der Waals surface area contributed by atoms with Gasteiger partial charge >= 0.3 is 12.1 Å². The van der Waals surface area contributed by atoms with Crippen LogP contribution in [0, 0.1) is 17.3 Å². The minimum Gasteiger partial charge on any atom is -0.478 e. The Morgan fingerprint density at radius 2 is 1.73 bits per heavy atom. The summed E-state index contributed by atoms with van der Waals surface area (Å²) in [6, 6.07) is 2.73. The van der Waals surface area contributed by atoms with Crippen molar-refractivity contribution in [3.05, 3.63) is 68.7 Å². The normalized spacial score (nSPS) is 23.7. The van der Waals surface area contributed by atoms with Crippen molar-refractivity contribution in [2.75, 3.05) is 0 Å². The van der Waals surface area contributed by atoms with E-state index < -0.39 is 23.3 Å². The molecule has 0 spiro atoms. The van der Waals surface area contributed by atoms with Crippen LogP contribution in [0.4, 0.5) is 13.2 Å². The van der Waals surface area contributed by atoms with E-state index in [0.717, 1.165) is 68.8 Å². The molecule has 4 fully saturated rings. The average molecular weight is 605 g/mol. The molecule has 214 valence electrons. The van der Waals surface area contributed by atoms with Crippen molar-refractivity contribution < 1.29 is 32.3 Å². The molecule has 6 nitrogen and oxygen atoms in total. The minimum absolute atomic E-state index is 0.0475. The highest BCUT2D eigenvalue weighted by molar-refractivity contribution is 6.38. The number of nitrogens with zero attached hydrogens (tertiary/aromatic N) is 2. The second kappa shape index (κ2) is 10.3. The molecule has 11 heteroatoms. The maximum absolute atomic E-state index is 13.3. The van der Waals surface area contributed by atoms with Gasteiger partial charge in [0.1, 0.15) is 11.5 Å². The van der Waals surface area contributed by atoms with Gasteiger partial charge in [-0.25, -0.2) is 4.79 Å². The largest absolute Gasteiger partial charge is 0.478 e. The first-order valence-corrected chi connectivity index (χ1v) is 14.1. The number of benzene rings is 1. The summed E-state index contributed by atoms with van der Waals surface area (Å²) in [6.07, 6.45) is 4.87. The second-order valence-electron chi connectivity index (χ2n) is 11.2. The van der Waals surface area contributed by atoms with E-state index in [1.54, 1.807) is 0 Å². The molecule has 2 aromatic heterocycles. The van der Waals surface area contributed by atoms with E-state index in [1.807, 2.05) is 0 Å². The predicted molar refractivity (Wildman–Crippen MR) is 145 cm³/mol. The van der Waals surface area contributed by atoms with Gasteiger partial charge in [-0.15, -0.1) is 0 Å². The topological polar surface area (TPSA) is 85.5 Å². The number of fused-ring (bicyclic) bond motifs is 3. The molecule has 3 aromatic rings. The van der Waals surface area contributed by atoms with Gasteiger partial charge in [0, 0.05) is 40.4 Å². The maximum Gasteiger partial charge on any atom is 0.416 e. The minimum atomic E-state index is -4.66. The van der Waals surface area contributed by atoms with Gasteiger partial charge in [0.25, 0.3) is 0 Å². The first-order valence-electron chi connectivity index (χ1n) is 13.4. The van der Waals surface area contributed by atoms with E-state index in [9.17, 15) is 23.1 Å². The quantitative estimate of drug-likeness (QED) is 0.285. The molecule has 4 aliphatic carbocycles. The Morgan fingerprint density at radius 3 is 2.32 bits per heavy atom. The fourth-order valence-corrected chi connectivity index (χ4v) is 6.48. The second-order valence-corrected chi connectivity index (χ2v) is 12.0. The Balaban J connectivity index is 1.19. The smallest absolute Gasteiger partial charge is 0.416 e. The number of pyridine rings is 1. The number of carboxylic acids is 1. The van der Waals surface area contributed by atoms with Crippen molar-refractivity contribution in [3.8, 4) is 23.1 Å². The molecule has 4 saturated carbocycles. The molecule has 1 aromatic carbocycles. The Bertz CT molecular complexity index is 1540. The highest BCUT2D eigenvalue weighted by atomic mass is 35.5. The van der Waals surface area contributed by atoms with Gasteiger partial charge in [-0.1, -0.05) is 40.2 Å². The molecule has 2 bridgehead atoms. The summed E-state index contributed by atoms with van der Waals surface area (Å²) < 4.78 is 52.3. The summed E-state index contributed by atoms with van der Waals surface area (Å²) in [6.45, 7) is 0.292. The van der Waals surface area contributed by atoms with Crippen LogP contribution < -0.4 is 0 Å². The lowest BCUT2D eigenvalue weighted by Crippen LogP contribution is -2.47. The molecule has 0 atom stereocenters. The monoisotopic (exact) mass is 604 g/mol. The number of rotatable bonds is 6. The van der Waals surface area contributed by atoms with Crippen LogP contribution >= 0.6 is 23.2 Å². The number of alkyl halides is 3. The van der Waals surface area contributed by atoms with Gasteiger partial charge in [-0.05, 0) is 69.6 Å². The number of carboxylic acid groups (broad SMARTS) is 1. The van der Waals surface area contributed by atoms with E-state index in [2.05, 4.69) is 22.0 Å². The third-order valence-corrected chi connectivity index (χ3v) is 9.11. The summed E-state index contributed by atoms with van der Waals surface area (Å²) in [5.41, 5.74) is -0.128. The predicted octanol–water partition coefficient (Wildman–Crippen LogP) is 8.30. The average Bonchev–Trinajstić information content (AvgIpc) is 3.71. The fraction of sp³-hybridized carbons (Fsp3) is 0.433. The Hall–Kier alpha value is -3.06. The SMILES string of the molecule is O=C(O)c1cc(C#CC23CCC(OCc4c(-c5c(Cl)cncc5Cl)noc4C4CC4)(CC2)CC3)cc(C(F)(F)F)c1. The van der Waals surface area contributed by atoms with Crippen LogP contribution in [0.15, 0.2) is 35.1 Å². The van der Waals surface area contributed by atoms with Crippen LogP contribution in [0.5, 0.6) is 0 Å². The Labute approximate surface area is 244 Å². The van der Waals surface area contributed by atoms with E-state index in [-0.39, 0.29) is 16.6 Å². The molecule has 41 heavy (non-hydrogen) atoms. The highest BCUT2D eigenvalue weighted by Gasteiger charge is 2.49. The van der Waals surface area contributed by atoms with Gasteiger partial charge in [0.2, 0.25) is 0 Å². The van der Waals surface area contributed by atoms with E-state index >= 15 is 0 Å². The number of hydrogen-bond acceptors (Lipinski definition) is 5. The zero-order valence-corrected chi connectivity index (χ0v) is 23.3. The molecule has 4 aliphatic rings. The van der Waals surface area contributed by atoms with Crippen LogP contribution in [0.1, 0.15) is 90.1 Å². The third-order valence-electron chi connectivity index (χ3n) is 8.54. The van der Waals surface area contributed by atoms with E-state index in [0.29, 0.717) is 39.9 Å². The van der Waals surface area contributed by atoms with Gasteiger partial charge in [0.15, 0.2) is 0 Å². The molecular weight excluding hydrogens is 580 g/mol. The summed E-state index contributed by atoms with van der Waals surface area (Å²) in [7, 11) is 0. The molecule has 2 heterocycles. The number of aromatic carboxylic acids is 1. The maximum atomic E-state index is 13.3. The number of carbonyl (C=O) groups is 1. The summed E-state index contributed by atoms with van der Waals surface area (Å²) >= 11 is 12.9. The highest BCUT2D eigenvalue weighted by Crippen LogP contribution is 2.54. The third kappa shape index (κ3) is 5.57. The number of ether oxygens (including phenoxy) is 1. The molecule has 7 rings (SSSR count). The lowest BCUT2D eigenvalue weighted by Gasteiger charge is -2.51. The van der Waals surface area contributed by atoms with Crippen molar-refractivity contribution >= 4 is 29.2 Å². The van der Waals surface area contributed by atoms with Gasteiger partial charge in [0.05, 0.1) is 33.4 Å². The number of hydrogen-bond donors (Lipinski definition) is 1. The molecular formula is C30H25Cl2F3N2O4. The first-order chi connectivity index (χ1) is 19.5. The van der Waals surface area contributed by atoms with Crippen molar-refractivity contribution in [2.45, 2.75) is 75.7 Å². The molecule has 0 unspecified atom stereocenters. The van der Waals surface area contributed by atoms with Gasteiger partial charge in [-0.2, -0.15) is 13.2 Å². The Kier molecular flexibility index (Phi) is 7.08. The van der Waals surface area contributed by atoms with Crippen LogP contribution in [-0.4, -0.2) is 26.8 Å². The van der Waals surface area contributed by atoms with Crippen LogP contribution in [-0.2, 0) is 17.5 Å². The zero-order valence-electron chi connectivity index (χ0n) is 21.8. The van der Waals surface area contributed by atoms with Crippen molar-refractivity contribution in [1.29, 1.82) is 0 Å². The molecule has 1 N–H and O–H groups in total. The van der Waals surface area contributed by atoms with Crippen LogP contribution in [0.2, 0.25) is 10.0 Å². The molecule has 0 aliphatic heterocycles. The van der Waals surface area contributed by atoms with Crippen LogP contribution in [0.3, 0.4) is 0 Å². The van der Waals surface area contributed by atoms with Crippen molar-refractivity contribution in [3.63, 3.8) is 0 Å². The molecule has 0 amide bonds. The molecule has 0 radical (unpaired) electrons. The fourth-order valence-electron chi connectivity index (χ4n) is 5.93. The van der Waals surface area contributed by atoms with Crippen LogP contribution in [0.25, 0.3) is 11.3 Å². The summed E-state index contributed by atoms with van der Waals surface area (Å²) in [4.78, 5) is 15.4. The van der Waals surface area contributed by atoms with E-state index in [4.69, 9.17) is 32.5 Å².